The van der Waals surface area contributed by atoms with Crippen molar-refractivity contribution in [3.63, 3.8) is 0 Å². The van der Waals surface area contributed by atoms with Crippen LogP contribution in [0, 0.1) is 0 Å². The van der Waals surface area contributed by atoms with E-state index >= 15 is 0 Å². The van der Waals surface area contributed by atoms with Crippen LogP contribution in [0.15, 0.2) is 49.6 Å². The van der Waals surface area contributed by atoms with Gasteiger partial charge in [-0.05, 0) is 12.1 Å². The normalized spacial score (nSPS) is 9.86. The first-order chi connectivity index (χ1) is 13.6. The lowest BCUT2D eigenvalue weighted by Crippen LogP contribution is -2.14. The first-order valence-corrected chi connectivity index (χ1v) is 8.63. The highest BCUT2D eigenvalue weighted by Crippen LogP contribution is 2.19. The van der Waals surface area contributed by atoms with Crippen molar-refractivity contribution >= 4 is 17.9 Å². The number of carbonyl (C=O) groups is 3. The van der Waals surface area contributed by atoms with Crippen molar-refractivity contribution in [2.45, 2.75) is 6.42 Å². The van der Waals surface area contributed by atoms with Crippen molar-refractivity contribution in [2.75, 3.05) is 39.6 Å². The lowest BCUT2D eigenvalue weighted by Gasteiger charge is -2.11. The summed E-state index contributed by atoms with van der Waals surface area (Å²) in [4.78, 5) is 33.9. The van der Waals surface area contributed by atoms with Crippen molar-refractivity contribution in [2.24, 2.45) is 0 Å². The fourth-order valence-corrected chi connectivity index (χ4v) is 1.87. The number of hydrogen-bond acceptors (Lipinski definition) is 8. The summed E-state index contributed by atoms with van der Waals surface area (Å²) in [6.45, 7) is 7.61. The zero-order valence-electron chi connectivity index (χ0n) is 15.6. The van der Waals surface area contributed by atoms with Crippen LogP contribution in [-0.4, -0.2) is 57.5 Å². The molecule has 1 aromatic rings. The Bertz CT molecular complexity index is 668. The monoisotopic (exact) mass is 392 g/mol. The largest absolute Gasteiger partial charge is 0.490 e. The van der Waals surface area contributed by atoms with Crippen LogP contribution in [0.2, 0.25) is 0 Å². The van der Waals surface area contributed by atoms with Crippen LogP contribution in [0.1, 0.15) is 16.8 Å². The van der Waals surface area contributed by atoms with Gasteiger partial charge in [-0.2, -0.15) is 0 Å². The lowest BCUT2D eigenvalue weighted by atomic mass is 10.2. The first kappa shape index (κ1) is 22.9. The Hall–Kier alpha value is -3.13. The minimum absolute atomic E-state index is 0.101. The zero-order chi connectivity index (χ0) is 20.6. The Kier molecular flexibility index (Phi) is 11.4. The summed E-state index contributed by atoms with van der Waals surface area (Å²) in [7, 11) is 0. The maximum Gasteiger partial charge on any atom is 0.341 e. The fraction of sp³-hybridized carbons (Fsp3) is 0.350. The standard InChI is InChI=1S/C20H24O8/c1-3-18(21)26-10-7-11-28-20(23)16-8-5-6-9-17(16)25-14-12-24-13-15-27-19(22)4-2/h3-6,8-9H,1-2,7,10-15H2. The number of rotatable bonds is 14. The van der Waals surface area contributed by atoms with E-state index in [9.17, 15) is 14.4 Å². The quantitative estimate of drug-likeness (QED) is 0.205. The SMILES string of the molecule is C=CC(=O)OCCCOC(=O)c1ccccc1OCCOCCOC(=O)C=C. The number of benzene rings is 1. The molecule has 0 heterocycles. The number of carbonyl (C=O) groups excluding carboxylic acids is 3. The molecular formula is C20H24O8. The molecule has 0 aromatic heterocycles. The molecule has 0 aliphatic heterocycles. The third-order valence-electron chi connectivity index (χ3n) is 3.16. The minimum atomic E-state index is -0.539. The maximum atomic E-state index is 12.2. The maximum absolute atomic E-state index is 12.2. The second-order valence-corrected chi connectivity index (χ2v) is 5.19. The number of esters is 3. The smallest absolute Gasteiger partial charge is 0.341 e. The van der Waals surface area contributed by atoms with Gasteiger partial charge in [0.1, 0.15) is 24.5 Å². The number of hydrogen-bond donors (Lipinski definition) is 0. The van der Waals surface area contributed by atoms with E-state index < -0.39 is 17.9 Å². The molecule has 1 aromatic carbocycles. The second-order valence-electron chi connectivity index (χ2n) is 5.19. The summed E-state index contributed by atoms with van der Waals surface area (Å²) in [6, 6.07) is 6.66. The van der Waals surface area contributed by atoms with Crippen molar-refractivity contribution in [3.8, 4) is 5.75 Å². The van der Waals surface area contributed by atoms with Gasteiger partial charge in [0, 0.05) is 18.6 Å². The molecule has 8 nitrogen and oxygen atoms in total. The van der Waals surface area contributed by atoms with E-state index in [0.717, 1.165) is 12.2 Å². The van der Waals surface area contributed by atoms with E-state index in [2.05, 4.69) is 13.2 Å². The molecule has 0 fully saturated rings. The molecule has 0 unspecified atom stereocenters. The molecule has 0 N–H and O–H groups in total. The molecule has 152 valence electrons. The molecule has 0 saturated carbocycles. The van der Waals surface area contributed by atoms with Crippen molar-refractivity contribution in [3.05, 3.63) is 55.1 Å². The van der Waals surface area contributed by atoms with Crippen LogP contribution in [0.25, 0.3) is 0 Å². The van der Waals surface area contributed by atoms with Crippen LogP contribution in [-0.2, 0) is 28.5 Å². The highest BCUT2D eigenvalue weighted by atomic mass is 16.6. The van der Waals surface area contributed by atoms with Crippen LogP contribution < -0.4 is 4.74 Å². The minimum Gasteiger partial charge on any atom is -0.490 e. The molecule has 0 amide bonds. The van der Waals surface area contributed by atoms with Crippen molar-refractivity contribution < 1.29 is 38.1 Å². The summed E-state index contributed by atoms with van der Waals surface area (Å²) < 4.78 is 25.5. The molecular weight excluding hydrogens is 368 g/mol. The summed E-state index contributed by atoms with van der Waals surface area (Å²) in [5.74, 6) is -1.20. The summed E-state index contributed by atoms with van der Waals surface area (Å²) >= 11 is 0. The molecule has 28 heavy (non-hydrogen) atoms. The predicted molar refractivity (Wildman–Crippen MR) is 100.0 cm³/mol. The topological polar surface area (TPSA) is 97.4 Å². The van der Waals surface area contributed by atoms with Gasteiger partial charge >= 0.3 is 17.9 Å². The van der Waals surface area contributed by atoms with E-state index in [1.807, 2.05) is 0 Å². The summed E-state index contributed by atoms with van der Waals surface area (Å²) in [5, 5.41) is 0. The zero-order valence-corrected chi connectivity index (χ0v) is 15.6. The highest BCUT2D eigenvalue weighted by Gasteiger charge is 2.13. The van der Waals surface area contributed by atoms with E-state index in [1.54, 1.807) is 24.3 Å². The van der Waals surface area contributed by atoms with Gasteiger partial charge in [-0.25, -0.2) is 14.4 Å². The van der Waals surface area contributed by atoms with Gasteiger partial charge in [0.15, 0.2) is 0 Å². The Morgan fingerprint density at radius 2 is 1.39 bits per heavy atom. The average molecular weight is 392 g/mol. The van der Waals surface area contributed by atoms with Crippen molar-refractivity contribution in [1.29, 1.82) is 0 Å². The molecule has 0 bridgehead atoms. The van der Waals surface area contributed by atoms with E-state index in [-0.39, 0.29) is 45.2 Å². The molecule has 0 spiro atoms. The Morgan fingerprint density at radius 3 is 2.11 bits per heavy atom. The van der Waals surface area contributed by atoms with Crippen LogP contribution in [0.4, 0.5) is 0 Å². The highest BCUT2D eigenvalue weighted by molar-refractivity contribution is 5.92. The molecule has 0 aliphatic carbocycles. The van der Waals surface area contributed by atoms with E-state index in [4.69, 9.17) is 23.7 Å². The van der Waals surface area contributed by atoms with Crippen LogP contribution in [0.3, 0.4) is 0 Å². The Labute approximate surface area is 163 Å². The van der Waals surface area contributed by atoms with Crippen LogP contribution >= 0.6 is 0 Å². The predicted octanol–water partition coefficient (Wildman–Crippen LogP) is 2.09. The lowest BCUT2D eigenvalue weighted by molar-refractivity contribution is -0.139. The van der Waals surface area contributed by atoms with Gasteiger partial charge in [-0.15, -0.1) is 0 Å². The summed E-state index contributed by atoms with van der Waals surface area (Å²) in [6.07, 6.45) is 2.52. The van der Waals surface area contributed by atoms with E-state index in [0.29, 0.717) is 12.2 Å². The molecule has 0 atom stereocenters. The third kappa shape index (κ3) is 9.54. The Morgan fingerprint density at radius 1 is 0.786 bits per heavy atom. The first-order valence-electron chi connectivity index (χ1n) is 8.63. The number of ether oxygens (including phenoxy) is 5. The molecule has 0 saturated heterocycles. The van der Waals surface area contributed by atoms with Gasteiger partial charge in [0.05, 0.1) is 26.4 Å². The summed E-state index contributed by atoms with van der Waals surface area (Å²) in [5.41, 5.74) is 0.283. The van der Waals surface area contributed by atoms with Gasteiger partial charge in [-0.1, -0.05) is 25.3 Å². The van der Waals surface area contributed by atoms with Gasteiger partial charge in [0.25, 0.3) is 0 Å². The fourth-order valence-electron chi connectivity index (χ4n) is 1.87. The van der Waals surface area contributed by atoms with Gasteiger partial charge < -0.3 is 23.7 Å². The average Bonchev–Trinajstić information content (AvgIpc) is 2.72. The second kappa shape index (κ2) is 14.0. The molecule has 1 rings (SSSR count). The van der Waals surface area contributed by atoms with Gasteiger partial charge in [0.2, 0.25) is 0 Å². The van der Waals surface area contributed by atoms with Crippen molar-refractivity contribution in [1.82, 2.24) is 0 Å². The van der Waals surface area contributed by atoms with Gasteiger partial charge in [-0.3, -0.25) is 0 Å². The van der Waals surface area contributed by atoms with E-state index in [1.165, 1.54) is 0 Å². The molecule has 0 radical (unpaired) electrons. The molecule has 8 heteroatoms. The third-order valence-corrected chi connectivity index (χ3v) is 3.16. The molecule has 0 aliphatic rings. The Balaban J connectivity index is 2.30. The number of para-hydroxylation sites is 1. The van der Waals surface area contributed by atoms with Crippen LogP contribution in [0.5, 0.6) is 5.75 Å².